The summed E-state index contributed by atoms with van der Waals surface area (Å²) in [6.45, 7) is 4.65. The number of amides is 1. The van der Waals surface area contributed by atoms with Crippen molar-refractivity contribution in [1.29, 1.82) is 0 Å². The van der Waals surface area contributed by atoms with Crippen LogP contribution in [0.4, 0.5) is 5.82 Å². The molecule has 0 aliphatic carbocycles. The van der Waals surface area contributed by atoms with E-state index in [1.807, 2.05) is 25.1 Å². The van der Waals surface area contributed by atoms with Crippen LogP contribution in [0.1, 0.15) is 28.9 Å². The fraction of sp³-hybridized carbons (Fsp3) is 0.320. The second kappa shape index (κ2) is 10.8. The number of nitrogens with zero attached hydrogens (tertiary/aromatic N) is 3. The number of carbonyl (C=O) groups is 1. The van der Waals surface area contributed by atoms with Gasteiger partial charge in [0.25, 0.3) is 11.8 Å². The maximum absolute atomic E-state index is 12.8. The molecule has 2 aromatic carbocycles. The zero-order valence-electron chi connectivity index (χ0n) is 19.5. The molecule has 0 spiro atoms. The third-order valence-electron chi connectivity index (χ3n) is 5.54. The lowest BCUT2D eigenvalue weighted by Crippen LogP contribution is -2.37. The van der Waals surface area contributed by atoms with Gasteiger partial charge in [0.05, 0.1) is 33.5 Å². The van der Waals surface area contributed by atoms with Crippen LogP contribution in [-0.4, -0.2) is 56.4 Å². The molecule has 1 N–H and O–H groups in total. The SMILES string of the molecule is COc1ccc([C@H](C)NC(=O)c2ccc(Oc3nccnc3N3CCOCC3)cc2)cc1OC. The largest absolute Gasteiger partial charge is 0.493 e. The van der Waals surface area contributed by atoms with E-state index in [9.17, 15) is 4.79 Å². The highest BCUT2D eigenvalue weighted by molar-refractivity contribution is 5.94. The summed E-state index contributed by atoms with van der Waals surface area (Å²) in [4.78, 5) is 23.6. The van der Waals surface area contributed by atoms with Gasteiger partial charge in [-0.15, -0.1) is 0 Å². The summed E-state index contributed by atoms with van der Waals surface area (Å²) < 4.78 is 22.0. The lowest BCUT2D eigenvalue weighted by Gasteiger charge is -2.28. The van der Waals surface area contributed by atoms with E-state index in [0.29, 0.717) is 47.7 Å². The van der Waals surface area contributed by atoms with Crippen LogP contribution in [-0.2, 0) is 4.74 Å². The third-order valence-corrected chi connectivity index (χ3v) is 5.54. The smallest absolute Gasteiger partial charge is 0.263 e. The lowest BCUT2D eigenvalue weighted by atomic mass is 10.1. The number of hydrogen-bond acceptors (Lipinski definition) is 8. The maximum Gasteiger partial charge on any atom is 0.263 e. The minimum Gasteiger partial charge on any atom is -0.493 e. The van der Waals surface area contributed by atoms with E-state index in [-0.39, 0.29) is 11.9 Å². The van der Waals surface area contributed by atoms with Crippen molar-refractivity contribution < 1.29 is 23.7 Å². The first-order valence-electron chi connectivity index (χ1n) is 11.0. The Morgan fingerprint density at radius 2 is 1.71 bits per heavy atom. The first kappa shape index (κ1) is 23.3. The van der Waals surface area contributed by atoms with Crippen LogP contribution in [0.25, 0.3) is 0 Å². The van der Waals surface area contributed by atoms with Gasteiger partial charge in [-0.25, -0.2) is 9.97 Å². The number of methoxy groups -OCH3 is 2. The van der Waals surface area contributed by atoms with E-state index in [0.717, 1.165) is 18.7 Å². The van der Waals surface area contributed by atoms with Gasteiger partial charge >= 0.3 is 0 Å². The molecule has 1 aliphatic rings. The van der Waals surface area contributed by atoms with Crippen LogP contribution in [0.3, 0.4) is 0 Å². The van der Waals surface area contributed by atoms with Crippen LogP contribution >= 0.6 is 0 Å². The van der Waals surface area contributed by atoms with Crippen LogP contribution < -0.4 is 24.4 Å². The normalized spacial score (nSPS) is 14.3. The second-order valence-corrected chi connectivity index (χ2v) is 7.72. The van der Waals surface area contributed by atoms with Crippen molar-refractivity contribution in [2.75, 3.05) is 45.4 Å². The van der Waals surface area contributed by atoms with Crippen molar-refractivity contribution in [3.63, 3.8) is 0 Å². The zero-order chi connectivity index (χ0) is 23.9. The van der Waals surface area contributed by atoms with Gasteiger partial charge in [0, 0.05) is 31.0 Å². The number of aromatic nitrogens is 2. The molecule has 3 aromatic rings. The zero-order valence-corrected chi connectivity index (χ0v) is 19.5. The van der Waals surface area contributed by atoms with Gasteiger partial charge in [0.2, 0.25) is 0 Å². The average Bonchev–Trinajstić information content (AvgIpc) is 2.89. The van der Waals surface area contributed by atoms with E-state index in [1.54, 1.807) is 50.9 Å². The number of carbonyl (C=O) groups excluding carboxylic acids is 1. The molecule has 1 aromatic heterocycles. The van der Waals surface area contributed by atoms with Gasteiger partial charge in [-0.1, -0.05) is 6.07 Å². The third kappa shape index (κ3) is 5.37. The summed E-state index contributed by atoms with van der Waals surface area (Å²) in [5.41, 5.74) is 1.43. The van der Waals surface area contributed by atoms with Gasteiger partial charge in [-0.3, -0.25) is 4.79 Å². The van der Waals surface area contributed by atoms with E-state index in [1.165, 1.54) is 0 Å². The molecule has 0 bridgehead atoms. The Morgan fingerprint density at radius 3 is 2.41 bits per heavy atom. The van der Waals surface area contributed by atoms with Gasteiger partial charge < -0.3 is 29.2 Å². The number of ether oxygens (including phenoxy) is 4. The molecule has 178 valence electrons. The number of hydrogen-bond donors (Lipinski definition) is 1. The Balaban J connectivity index is 1.41. The van der Waals surface area contributed by atoms with Crippen molar-refractivity contribution in [3.05, 3.63) is 66.0 Å². The molecule has 34 heavy (non-hydrogen) atoms. The molecule has 1 atom stereocenters. The summed E-state index contributed by atoms with van der Waals surface area (Å²) in [5, 5.41) is 3.01. The Morgan fingerprint density at radius 1 is 1.00 bits per heavy atom. The fourth-order valence-electron chi connectivity index (χ4n) is 3.65. The quantitative estimate of drug-likeness (QED) is 0.540. The molecular weight excluding hydrogens is 436 g/mol. The minimum atomic E-state index is -0.223. The molecule has 2 heterocycles. The van der Waals surface area contributed by atoms with E-state index in [4.69, 9.17) is 18.9 Å². The summed E-state index contributed by atoms with van der Waals surface area (Å²) in [6.07, 6.45) is 3.24. The highest BCUT2D eigenvalue weighted by Crippen LogP contribution is 2.31. The Labute approximate surface area is 198 Å². The topological polar surface area (TPSA) is 95.0 Å². The van der Waals surface area contributed by atoms with E-state index in [2.05, 4.69) is 20.2 Å². The van der Waals surface area contributed by atoms with Crippen molar-refractivity contribution in [1.82, 2.24) is 15.3 Å². The molecule has 1 fully saturated rings. The summed E-state index contributed by atoms with van der Waals surface area (Å²) >= 11 is 0. The molecule has 0 radical (unpaired) electrons. The number of nitrogens with one attached hydrogen (secondary N) is 1. The average molecular weight is 465 g/mol. The lowest BCUT2D eigenvalue weighted by molar-refractivity contribution is 0.0940. The Bertz CT molecular complexity index is 1120. The molecule has 0 unspecified atom stereocenters. The summed E-state index contributed by atoms with van der Waals surface area (Å²) in [7, 11) is 3.17. The van der Waals surface area contributed by atoms with Gasteiger partial charge in [0.1, 0.15) is 5.75 Å². The van der Waals surface area contributed by atoms with Crippen molar-refractivity contribution in [2.45, 2.75) is 13.0 Å². The molecule has 0 saturated carbocycles. The number of benzene rings is 2. The van der Waals surface area contributed by atoms with Crippen LogP contribution in [0, 0.1) is 0 Å². The van der Waals surface area contributed by atoms with Crippen LogP contribution in [0.5, 0.6) is 23.1 Å². The first-order chi connectivity index (χ1) is 16.6. The summed E-state index contributed by atoms with van der Waals surface area (Å²) in [5.74, 6) is 2.73. The molecular formula is C25H28N4O5. The number of morpholine rings is 1. The minimum absolute atomic E-state index is 0.192. The predicted octanol–water partition coefficient (Wildman–Crippen LogP) is 3.61. The monoisotopic (exact) mass is 464 g/mol. The van der Waals surface area contributed by atoms with Gasteiger partial charge in [-0.2, -0.15) is 0 Å². The standard InChI is InChI=1S/C25H28N4O5/c1-17(19-6-9-21(31-2)22(16-19)32-3)28-24(30)18-4-7-20(8-5-18)34-25-23(26-10-11-27-25)29-12-14-33-15-13-29/h4-11,16-17H,12-15H2,1-3H3,(H,28,30)/t17-/m0/s1. The number of rotatable bonds is 8. The fourth-order valence-corrected chi connectivity index (χ4v) is 3.65. The van der Waals surface area contributed by atoms with Crippen LogP contribution in [0.2, 0.25) is 0 Å². The molecule has 9 nitrogen and oxygen atoms in total. The van der Waals surface area contributed by atoms with Crippen LogP contribution in [0.15, 0.2) is 54.9 Å². The number of anilines is 1. The molecule has 1 saturated heterocycles. The molecule has 1 aliphatic heterocycles. The van der Waals surface area contributed by atoms with E-state index >= 15 is 0 Å². The molecule has 1 amide bonds. The second-order valence-electron chi connectivity index (χ2n) is 7.72. The van der Waals surface area contributed by atoms with Gasteiger partial charge in [0.15, 0.2) is 17.3 Å². The van der Waals surface area contributed by atoms with E-state index < -0.39 is 0 Å². The van der Waals surface area contributed by atoms with Crippen molar-refractivity contribution >= 4 is 11.7 Å². The Kier molecular flexibility index (Phi) is 7.44. The Hall–Kier alpha value is -3.85. The summed E-state index contributed by atoms with van der Waals surface area (Å²) in [6, 6.07) is 12.3. The predicted molar refractivity (Wildman–Crippen MR) is 127 cm³/mol. The first-order valence-corrected chi connectivity index (χ1v) is 11.0. The van der Waals surface area contributed by atoms with Crippen molar-refractivity contribution in [3.8, 4) is 23.1 Å². The maximum atomic E-state index is 12.8. The van der Waals surface area contributed by atoms with Gasteiger partial charge in [-0.05, 0) is 48.9 Å². The van der Waals surface area contributed by atoms with Crippen molar-refractivity contribution in [2.24, 2.45) is 0 Å². The highest BCUT2D eigenvalue weighted by atomic mass is 16.5. The highest BCUT2D eigenvalue weighted by Gasteiger charge is 2.19. The molecule has 9 heteroatoms. The molecule has 4 rings (SSSR count).